The summed E-state index contributed by atoms with van der Waals surface area (Å²) in [6, 6.07) is 24.6. The highest BCUT2D eigenvalue weighted by atomic mass is 35.5. The highest BCUT2D eigenvalue weighted by Crippen LogP contribution is 2.24. The van der Waals surface area contributed by atoms with E-state index >= 15 is 0 Å². The average Bonchev–Trinajstić information content (AvgIpc) is 3.25. The maximum absolute atomic E-state index is 5.91. The van der Waals surface area contributed by atoms with Crippen LogP contribution < -0.4 is 5.32 Å². The van der Waals surface area contributed by atoms with Crippen LogP contribution in [-0.4, -0.2) is 37.4 Å². The largest absolute Gasteiger partial charge is 0.436 e. The van der Waals surface area contributed by atoms with Crippen molar-refractivity contribution in [2.45, 2.75) is 33.0 Å². The molecule has 5 nitrogen and oxygen atoms in total. The van der Waals surface area contributed by atoms with Gasteiger partial charge in [0.1, 0.15) is 5.52 Å². The van der Waals surface area contributed by atoms with Gasteiger partial charge in [0.25, 0.3) is 0 Å². The van der Waals surface area contributed by atoms with Gasteiger partial charge in [-0.1, -0.05) is 54.1 Å². The van der Waals surface area contributed by atoms with Crippen LogP contribution in [0, 0.1) is 6.92 Å². The number of fused-ring (bicyclic) bond motifs is 1. The second-order valence-electron chi connectivity index (χ2n) is 8.36. The van der Waals surface area contributed by atoms with Gasteiger partial charge in [0.05, 0.1) is 25.9 Å². The van der Waals surface area contributed by atoms with E-state index < -0.39 is 0 Å². The lowest BCUT2D eigenvalue weighted by molar-refractivity contribution is 0.0659. The summed E-state index contributed by atoms with van der Waals surface area (Å²) in [6.07, 6.45) is 1.15. The van der Waals surface area contributed by atoms with E-state index in [9.17, 15) is 0 Å². The standard InChI is InChI=1S/C28H32N2O3.ClH/c1-21-6-5-7-24(18-21)19-22(2)32-17-15-29-14-16-31-20-23-10-12-25(13-11-23)28-30-26-8-3-4-9-27(26)33-28;/h3-13,18,22,29H,14-17,19-20H2,1-2H3;1H. The van der Waals surface area contributed by atoms with Crippen molar-refractivity contribution in [3.05, 3.63) is 89.5 Å². The predicted octanol–water partition coefficient (Wildman–Crippen LogP) is 5.98. The first-order chi connectivity index (χ1) is 16.2. The maximum atomic E-state index is 5.91. The molecule has 6 heteroatoms. The normalized spacial score (nSPS) is 11.9. The Morgan fingerprint density at radius 1 is 0.912 bits per heavy atom. The predicted molar refractivity (Wildman–Crippen MR) is 140 cm³/mol. The van der Waals surface area contributed by atoms with Crippen LogP contribution in [0.5, 0.6) is 0 Å². The summed E-state index contributed by atoms with van der Waals surface area (Å²) in [5.41, 5.74) is 6.39. The molecule has 0 saturated carbocycles. The van der Waals surface area contributed by atoms with Gasteiger partial charge in [-0.05, 0) is 55.7 Å². The zero-order chi connectivity index (χ0) is 22.9. The number of oxazole rings is 1. The monoisotopic (exact) mass is 480 g/mol. The zero-order valence-corrected chi connectivity index (χ0v) is 20.6. The number of hydrogen-bond acceptors (Lipinski definition) is 5. The Labute approximate surface area is 207 Å². The SMILES string of the molecule is Cc1cccc(CC(C)OCCNCCOCc2ccc(-c3nc4ccccc4o3)cc2)c1.Cl. The number of nitrogens with one attached hydrogen (secondary N) is 1. The number of para-hydroxylation sites is 2. The summed E-state index contributed by atoms with van der Waals surface area (Å²) in [4.78, 5) is 4.54. The molecule has 4 rings (SSSR count). The third-order valence-corrected chi connectivity index (χ3v) is 5.47. The second kappa shape index (κ2) is 13.3. The van der Waals surface area contributed by atoms with Crippen molar-refractivity contribution >= 4 is 23.5 Å². The number of ether oxygens (including phenoxy) is 2. The molecular weight excluding hydrogens is 448 g/mol. The van der Waals surface area contributed by atoms with Gasteiger partial charge in [0.2, 0.25) is 5.89 Å². The van der Waals surface area contributed by atoms with Crippen LogP contribution in [0.25, 0.3) is 22.6 Å². The summed E-state index contributed by atoms with van der Waals surface area (Å²) >= 11 is 0. The number of benzene rings is 3. The molecule has 0 aliphatic heterocycles. The number of halogens is 1. The Balaban J connectivity index is 0.00000324. The Kier molecular flexibility index (Phi) is 10.1. The Morgan fingerprint density at radius 3 is 2.50 bits per heavy atom. The molecule has 0 fully saturated rings. The Morgan fingerprint density at radius 2 is 1.71 bits per heavy atom. The third-order valence-electron chi connectivity index (χ3n) is 5.47. The minimum Gasteiger partial charge on any atom is -0.436 e. The van der Waals surface area contributed by atoms with Gasteiger partial charge in [0.15, 0.2) is 5.58 Å². The van der Waals surface area contributed by atoms with Crippen LogP contribution in [-0.2, 0) is 22.5 Å². The molecule has 0 aliphatic carbocycles. The summed E-state index contributed by atoms with van der Waals surface area (Å²) < 4.78 is 17.5. The van der Waals surface area contributed by atoms with Crippen LogP contribution >= 0.6 is 12.4 Å². The van der Waals surface area contributed by atoms with Gasteiger partial charge in [0, 0.05) is 18.7 Å². The molecule has 1 atom stereocenters. The van der Waals surface area contributed by atoms with E-state index in [1.807, 2.05) is 36.4 Å². The van der Waals surface area contributed by atoms with Gasteiger partial charge in [-0.15, -0.1) is 12.4 Å². The fourth-order valence-corrected chi connectivity index (χ4v) is 3.76. The van der Waals surface area contributed by atoms with Crippen LogP contribution in [0.4, 0.5) is 0 Å². The lowest BCUT2D eigenvalue weighted by atomic mass is 10.1. The molecule has 1 heterocycles. The van der Waals surface area contributed by atoms with Crippen molar-refractivity contribution in [1.82, 2.24) is 10.3 Å². The molecule has 3 aromatic carbocycles. The van der Waals surface area contributed by atoms with Gasteiger partial charge >= 0.3 is 0 Å². The molecule has 0 saturated heterocycles. The Bertz CT molecular complexity index is 1110. The van der Waals surface area contributed by atoms with Crippen molar-refractivity contribution < 1.29 is 13.9 Å². The second-order valence-corrected chi connectivity index (χ2v) is 8.36. The minimum atomic E-state index is 0. The van der Waals surface area contributed by atoms with Crippen molar-refractivity contribution in [3.8, 4) is 11.5 Å². The Hall–Kier alpha value is -2.70. The van der Waals surface area contributed by atoms with Gasteiger partial charge in [-0.2, -0.15) is 0 Å². The topological polar surface area (TPSA) is 56.5 Å². The number of aryl methyl sites for hydroxylation is 1. The average molecular weight is 481 g/mol. The fraction of sp³-hybridized carbons (Fsp3) is 0.321. The summed E-state index contributed by atoms with van der Waals surface area (Å²) in [7, 11) is 0. The van der Waals surface area contributed by atoms with E-state index in [1.165, 1.54) is 11.1 Å². The molecule has 0 radical (unpaired) electrons. The molecular formula is C28H33ClN2O3. The lowest BCUT2D eigenvalue weighted by Gasteiger charge is -2.14. The molecule has 0 bridgehead atoms. The van der Waals surface area contributed by atoms with E-state index in [0.717, 1.165) is 41.7 Å². The molecule has 0 aliphatic rings. The maximum Gasteiger partial charge on any atom is 0.227 e. The van der Waals surface area contributed by atoms with E-state index in [-0.39, 0.29) is 18.5 Å². The number of aromatic nitrogens is 1. The van der Waals surface area contributed by atoms with Crippen molar-refractivity contribution in [2.24, 2.45) is 0 Å². The first-order valence-electron chi connectivity index (χ1n) is 11.6. The first kappa shape index (κ1) is 25.9. The molecule has 0 spiro atoms. The highest BCUT2D eigenvalue weighted by molar-refractivity contribution is 5.85. The third kappa shape index (κ3) is 7.67. The molecule has 180 valence electrons. The first-order valence-corrected chi connectivity index (χ1v) is 11.6. The molecule has 1 unspecified atom stereocenters. The van der Waals surface area contributed by atoms with E-state index in [1.54, 1.807) is 0 Å². The van der Waals surface area contributed by atoms with E-state index in [0.29, 0.717) is 25.7 Å². The van der Waals surface area contributed by atoms with Crippen molar-refractivity contribution in [1.29, 1.82) is 0 Å². The van der Waals surface area contributed by atoms with Gasteiger partial charge < -0.3 is 19.2 Å². The van der Waals surface area contributed by atoms with E-state index in [4.69, 9.17) is 13.9 Å². The fourth-order valence-electron chi connectivity index (χ4n) is 3.76. The van der Waals surface area contributed by atoms with Gasteiger partial charge in [-0.3, -0.25) is 0 Å². The molecule has 4 aromatic rings. The lowest BCUT2D eigenvalue weighted by Crippen LogP contribution is -2.26. The van der Waals surface area contributed by atoms with Gasteiger partial charge in [-0.25, -0.2) is 4.98 Å². The van der Waals surface area contributed by atoms with Crippen LogP contribution in [0.1, 0.15) is 23.6 Å². The van der Waals surface area contributed by atoms with Crippen molar-refractivity contribution in [3.63, 3.8) is 0 Å². The molecule has 1 aromatic heterocycles. The zero-order valence-electron chi connectivity index (χ0n) is 19.8. The number of rotatable bonds is 12. The molecule has 34 heavy (non-hydrogen) atoms. The van der Waals surface area contributed by atoms with Crippen molar-refractivity contribution in [2.75, 3.05) is 26.3 Å². The highest BCUT2D eigenvalue weighted by Gasteiger charge is 2.07. The van der Waals surface area contributed by atoms with E-state index in [2.05, 4.69) is 60.5 Å². The molecule has 0 amide bonds. The quantitative estimate of drug-likeness (QED) is 0.253. The summed E-state index contributed by atoms with van der Waals surface area (Å²) in [5.74, 6) is 0.642. The van der Waals surface area contributed by atoms with Crippen LogP contribution in [0.15, 0.2) is 77.2 Å². The summed E-state index contributed by atoms with van der Waals surface area (Å²) in [5, 5.41) is 3.37. The number of hydrogen-bond donors (Lipinski definition) is 1. The molecule has 1 N–H and O–H groups in total. The number of nitrogens with zero attached hydrogens (tertiary/aromatic N) is 1. The minimum absolute atomic E-state index is 0. The van der Waals surface area contributed by atoms with Crippen LogP contribution in [0.3, 0.4) is 0 Å². The summed E-state index contributed by atoms with van der Waals surface area (Å²) in [6.45, 7) is 7.81. The van der Waals surface area contributed by atoms with Crippen LogP contribution in [0.2, 0.25) is 0 Å². The smallest absolute Gasteiger partial charge is 0.227 e.